The number of hydrogen-bond acceptors (Lipinski definition) is 3. The van der Waals surface area contributed by atoms with Gasteiger partial charge in [-0.1, -0.05) is 23.4 Å². The third kappa shape index (κ3) is 3.40. The molecular formula is C15H13ClN2OS. The first-order chi connectivity index (χ1) is 9.61. The zero-order chi connectivity index (χ0) is 14.5. The maximum Gasteiger partial charge on any atom is 0.256 e. The van der Waals surface area contributed by atoms with Gasteiger partial charge in [0.15, 0.2) is 0 Å². The van der Waals surface area contributed by atoms with Crippen LogP contribution in [0.25, 0.3) is 0 Å². The molecule has 0 atom stereocenters. The minimum absolute atomic E-state index is 0.151. The van der Waals surface area contributed by atoms with Crippen molar-refractivity contribution in [1.82, 2.24) is 0 Å². The summed E-state index contributed by atoms with van der Waals surface area (Å²) >= 11 is 7.45. The molecule has 1 aromatic heterocycles. The van der Waals surface area contributed by atoms with Crippen molar-refractivity contribution in [3.8, 4) is 11.8 Å². The number of anilines is 1. The van der Waals surface area contributed by atoms with Crippen molar-refractivity contribution in [3.63, 3.8) is 0 Å². The van der Waals surface area contributed by atoms with Crippen LogP contribution in [0.2, 0.25) is 5.02 Å². The molecule has 3 N–H and O–H groups in total. The Morgan fingerprint density at radius 2 is 2.25 bits per heavy atom. The molecule has 0 unspecified atom stereocenters. The van der Waals surface area contributed by atoms with E-state index in [1.165, 1.54) is 11.3 Å². The number of carbonyl (C=O) groups is 1. The molecule has 2 rings (SSSR count). The van der Waals surface area contributed by atoms with Crippen LogP contribution < -0.4 is 11.1 Å². The molecule has 102 valence electrons. The Bertz CT molecular complexity index is 697. The Balaban J connectivity index is 2.29. The largest absolute Gasteiger partial charge is 0.321 e. The van der Waals surface area contributed by atoms with Crippen LogP contribution in [0.5, 0.6) is 0 Å². The summed E-state index contributed by atoms with van der Waals surface area (Å²) in [4.78, 5) is 12.2. The van der Waals surface area contributed by atoms with Gasteiger partial charge in [-0.25, -0.2) is 0 Å². The smallest absolute Gasteiger partial charge is 0.256 e. The van der Waals surface area contributed by atoms with Crippen LogP contribution in [0.3, 0.4) is 0 Å². The average molecular weight is 305 g/mol. The van der Waals surface area contributed by atoms with Crippen LogP contribution in [-0.4, -0.2) is 12.5 Å². The lowest BCUT2D eigenvalue weighted by Gasteiger charge is -2.08. The topological polar surface area (TPSA) is 55.1 Å². The van der Waals surface area contributed by atoms with E-state index in [1.807, 2.05) is 17.7 Å². The predicted molar refractivity (Wildman–Crippen MR) is 84.4 cm³/mol. The number of nitrogens with two attached hydrogens (primary N) is 1. The molecule has 1 amide bonds. The second kappa shape index (κ2) is 6.58. The second-order valence-corrected chi connectivity index (χ2v) is 5.30. The van der Waals surface area contributed by atoms with Gasteiger partial charge in [0.1, 0.15) is 0 Å². The Labute approximate surface area is 126 Å². The number of benzene rings is 1. The van der Waals surface area contributed by atoms with Crippen molar-refractivity contribution < 1.29 is 4.79 Å². The van der Waals surface area contributed by atoms with Gasteiger partial charge in [0.05, 0.1) is 17.8 Å². The standard InChI is InChI=1S/C15H13ClN2OS/c1-10-8-20-9-13(10)15(19)18-14-5-4-12(16)7-11(14)3-2-6-17/h4-5,7-9H,6,17H2,1H3,(H,18,19). The van der Waals surface area contributed by atoms with E-state index < -0.39 is 0 Å². The van der Waals surface area contributed by atoms with Crippen LogP contribution in [0, 0.1) is 18.8 Å². The monoisotopic (exact) mass is 304 g/mol. The lowest BCUT2D eigenvalue weighted by molar-refractivity contribution is 0.102. The number of amides is 1. The molecule has 0 aliphatic rings. The lowest BCUT2D eigenvalue weighted by atomic mass is 10.1. The first-order valence-electron chi connectivity index (χ1n) is 5.94. The van der Waals surface area contributed by atoms with Gasteiger partial charge in [-0.2, -0.15) is 11.3 Å². The normalized spacial score (nSPS) is 9.75. The van der Waals surface area contributed by atoms with E-state index in [2.05, 4.69) is 17.2 Å². The van der Waals surface area contributed by atoms with Gasteiger partial charge in [0.2, 0.25) is 0 Å². The van der Waals surface area contributed by atoms with Crippen molar-refractivity contribution in [1.29, 1.82) is 0 Å². The van der Waals surface area contributed by atoms with Crippen molar-refractivity contribution >= 4 is 34.5 Å². The molecule has 0 aliphatic heterocycles. The maximum absolute atomic E-state index is 12.2. The summed E-state index contributed by atoms with van der Waals surface area (Å²) in [6.07, 6.45) is 0. The van der Waals surface area contributed by atoms with Gasteiger partial charge in [0, 0.05) is 16.0 Å². The van der Waals surface area contributed by atoms with E-state index in [0.717, 1.165) is 5.56 Å². The number of thiophene rings is 1. The van der Waals surface area contributed by atoms with E-state index in [1.54, 1.807) is 18.2 Å². The number of rotatable bonds is 2. The molecule has 0 aliphatic carbocycles. The highest BCUT2D eigenvalue weighted by atomic mass is 35.5. The average Bonchev–Trinajstić information content (AvgIpc) is 2.85. The molecule has 1 aromatic carbocycles. The highest BCUT2D eigenvalue weighted by molar-refractivity contribution is 7.08. The minimum atomic E-state index is -0.151. The number of aryl methyl sites for hydroxylation is 1. The summed E-state index contributed by atoms with van der Waals surface area (Å²) < 4.78 is 0. The summed E-state index contributed by atoms with van der Waals surface area (Å²) in [5.41, 5.74) is 8.28. The number of hydrogen-bond donors (Lipinski definition) is 2. The van der Waals surface area contributed by atoms with Gasteiger partial charge >= 0.3 is 0 Å². The molecule has 0 bridgehead atoms. The van der Waals surface area contributed by atoms with Gasteiger partial charge in [-0.3, -0.25) is 4.79 Å². The molecule has 1 heterocycles. The van der Waals surface area contributed by atoms with Crippen molar-refractivity contribution in [2.75, 3.05) is 11.9 Å². The Morgan fingerprint density at radius 3 is 2.90 bits per heavy atom. The summed E-state index contributed by atoms with van der Waals surface area (Å²) in [6.45, 7) is 2.16. The van der Waals surface area contributed by atoms with Crippen LogP contribution in [0.4, 0.5) is 5.69 Å². The SMILES string of the molecule is Cc1cscc1C(=O)Nc1ccc(Cl)cc1C#CCN. The quantitative estimate of drug-likeness (QED) is 0.837. The van der Waals surface area contributed by atoms with Gasteiger partial charge in [-0.05, 0) is 36.1 Å². The summed E-state index contributed by atoms with van der Waals surface area (Å²) in [7, 11) is 0. The highest BCUT2D eigenvalue weighted by Gasteiger charge is 2.11. The third-order valence-electron chi connectivity index (χ3n) is 2.66. The number of nitrogens with one attached hydrogen (secondary N) is 1. The van der Waals surface area contributed by atoms with Crippen LogP contribution in [0.1, 0.15) is 21.5 Å². The molecular weight excluding hydrogens is 292 g/mol. The van der Waals surface area contributed by atoms with Crippen LogP contribution >= 0.6 is 22.9 Å². The van der Waals surface area contributed by atoms with Crippen molar-refractivity contribution in [2.24, 2.45) is 5.73 Å². The zero-order valence-corrected chi connectivity index (χ0v) is 12.4. The van der Waals surface area contributed by atoms with Crippen LogP contribution in [-0.2, 0) is 0 Å². The second-order valence-electron chi connectivity index (χ2n) is 4.12. The first-order valence-corrected chi connectivity index (χ1v) is 7.26. The molecule has 0 fully saturated rings. The molecule has 3 nitrogen and oxygen atoms in total. The third-order valence-corrected chi connectivity index (χ3v) is 3.75. The van der Waals surface area contributed by atoms with E-state index >= 15 is 0 Å². The fourth-order valence-corrected chi connectivity index (χ4v) is 2.66. The summed E-state index contributed by atoms with van der Waals surface area (Å²) in [6, 6.07) is 5.16. The fraction of sp³-hybridized carbons (Fsp3) is 0.133. The molecule has 5 heteroatoms. The summed E-state index contributed by atoms with van der Waals surface area (Å²) in [5, 5.41) is 7.18. The van der Waals surface area contributed by atoms with Gasteiger partial charge < -0.3 is 11.1 Å². The Kier molecular flexibility index (Phi) is 4.80. The van der Waals surface area contributed by atoms with E-state index in [9.17, 15) is 4.79 Å². The van der Waals surface area contributed by atoms with E-state index in [4.69, 9.17) is 17.3 Å². The molecule has 2 aromatic rings. The molecule has 0 saturated carbocycles. The predicted octanol–water partition coefficient (Wildman–Crippen LogP) is 3.27. The Hall–Kier alpha value is -1.80. The first kappa shape index (κ1) is 14.6. The van der Waals surface area contributed by atoms with Gasteiger partial charge in [0.25, 0.3) is 5.91 Å². The van der Waals surface area contributed by atoms with Gasteiger partial charge in [-0.15, -0.1) is 0 Å². The fourth-order valence-electron chi connectivity index (χ4n) is 1.66. The van der Waals surface area contributed by atoms with E-state index in [-0.39, 0.29) is 12.5 Å². The van der Waals surface area contributed by atoms with Crippen LogP contribution in [0.15, 0.2) is 29.0 Å². The minimum Gasteiger partial charge on any atom is -0.321 e. The molecule has 20 heavy (non-hydrogen) atoms. The maximum atomic E-state index is 12.2. The number of halogens is 1. The summed E-state index contributed by atoms with van der Waals surface area (Å²) in [5.74, 6) is 5.52. The molecule has 0 saturated heterocycles. The number of carbonyl (C=O) groups excluding carboxylic acids is 1. The Morgan fingerprint density at radius 1 is 1.45 bits per heavy atom. The highest BCUT2D eigenvalue weighted by Crippen LogP contribution is 2.22. The van der Waals surface area contributed by atoms with Crippen molar-refractivity contribution in [2.45, 2.75) is 6.92 Å². The molecule has 0 radical (unpaired) electrons. The van der Waals surface area contributed by atoms with E-state index in [0.29, 0.717) is 21.8 Å². The molecule has 0 spiro atoms. The van der Waals surface area contributed by atoms with Crippen molar-refractivity contribution in [3.05, 3.63) is 50.7 Å². The zero-order valence-electron chi connectivity index (χ0n) is 10.9. The lowest BCUT2D eigenvalue weighted by Crippen LogP contribution is -2.13.